The number of sulfonamides is 1. The van der Waals surface area contributed by atoms with Gasteiger partial charge in [0.15, 0.2) is 0 Å². The summed E-state index contributed by atoms with van der Waals surface area (Å²) in [4.78, 5) is 0. The molecule has 1 aliphatic heterocycles. The molecule has 0 saturated carbocycles. The highest BCUT2D eigenvalue weighted by Gasteiger charge is 2.35. The molecule has 0 amide bonds. The summed E-state index contributed by atoms with van der Waals surface area (Å²) < 4.78 is 25.6. The topological polar surface area (TPSA) is 63.4 Å². The Morgan fingerprint density at radius 1 is 1.47 bits per heavy atom. The summed E-state index contributed by atoms with van der Waals surface area (Å²) >= 11 is 0. The maximum atomic E-state index is 12.0. The van der Waals surface area contributed by atoms with Gasteiger partial charge in [-0.05, 0) is 31.7 Å². The van der Waals surface area contributed by atoms with Crippen molar-refractivity contribution in [2.75, 3.05) is 18.8 Å². The Balaban J connectivity index is 2.69. The maximum absolute atomic E-state index is 12.0. The molecule has 1 aliphatic rings. The Kier molecular flexibility index (Phi) is 4.55. The van der Waals surface area contributed by atoms with Crippen LogP contribution < -0.4 is 5.73 Å². The smallest absolute Gasteiger partial charge is 0.214 e. The zero-order chi connectivity index (χ0) is 11.5. The van der Waals surface area contributed by atoms with Crippen molar-refractivity contribution < 1.29 is 8.42 Å². The lowest BCUT2D eigenvalue weighted by atomic mass is 10.0. The Hall–Kier alpha value is -0.130. The SMILES string of the molecule is CC(C)C1CCCN1S(=O)(=O)CCCN. The molecule has 0 bridgehead atoms. The summed E-state index contributed by atoms with van der Waals surface area (Å²) in [5, 5.41) is 0. The van der Waals surface area contributed by atoms with Crippen LogP contribution in [-0.4, -0.2) is 37.6 Å². The molecule has 90 valence electrons. The second-order valence-corrected chi connectivity index (χ2v) is 6.56. The van der Waals surface area contributed by atoms with Crippen LogP contribution in [0.4, 0.5) is 0 Å². The fourth-order valence-electron chi connectivity index (χ4n) is 2.16. The van der Waals surface area contributed by atoms with E-state index < -0.39 is 10.0 Å². The van der Waals surface area contributed by atoms with Gasteiger partial charge < -0.3 is 5.73 Å². The Labute approximate surface area is 92.9 Å². The number of rotatable bonds is 5. The minimum Gasteiger partial charge on any atom is -0.330 e. The normalized spacial score (nSPS) is 23.9. The third kappa shape index (κ3) is 3.16. The summed E-state index contributed by atoms with van der Waals surface area (Å²) in [6.07, 6.45) is 2.55. The first kappa shape index (κ1) is 12.9. The summed E-state index contributed by atoms with van der Waals surface area (Å²) in [6, 6.07) is 0.202. The summed E-state index contributed by atoms with van der Waals surface area (Å²) in [5.41, 5.74) is 5.35. The number of nitrogens with zero attached hydrogens (tertiary/aromatic N) is 1. The van der Waals surface area contributed by atoms with Gasteiger partial charge in [0, 0.05) is 12.6 Å². The molecule has 5 heteroatoms. The minimum absolute atomic E-state index is 0.201. The molecular formula is C10H22N2O2S. The number of hydrogen-bond acceptors (Lipinski definition) is 3. The van der Waals surface area contributed by atoms with Gasteiger partial charge in [0.25, 0.3) is 0 Å². The molecule has 1 fully saturated rings. The van der Waals surface area contributed by atoms with Crippen LogP contribution in [0.2, 0.25) is 0 Å². The quantitative estimate of drug-likeness (QED) is 0.765. The molecule has 1 heterocycles. The van der Waals surface area contributed by atoms with Crippen LogP contribution in [0.5, 0.6) is 0 Å². The van der Waals surface area contributed by atoms with Crippen LogP contribution >= 0.6 is 0 Å². The van der Waals surface area contributed by atoms with Gasteiger partial charge >= 0.3 is 0 Å². The predicted octanol–water partition coefficient (Wildman–Crippen LogP) is 0.785. The molecule has 1 rings (SSSR count). The van der Waals surface area contributed by atoms with E-state index >= 15 is 0 Å². The monoisotopic (exact) mass is 234 g/mol. The maximum Gasteiger partial charge on any atom is 0.214 e. The van der Waals surface area contributed by atoms with Crippen LogP contribution in [0.1, 0.15) is 33.1 Å². The van der Waals surface area contributed by atoms with Crippen molar-refractivity contribution in [3.8, 4) is 0 Å². The van der Waals surface area contributed by atoms with Crippen LogP contribution in [-0.2, 0) is 10.0 Å². The van der Waals surface area contributed by atoms with Crippen molar-refractivity contribution in [3.05, 3.63) is 0 Å². The van der Waals surface area contributed by atoms with E-state index in [1.165, 1.54) is 0 Å². The van der Waals surface area contributed by atoms with E-state index in [4.69, 9.17) is 5.73 Å². The van der Waals surface area contributed by atoms with Crippen molar-refractivity contribution >= 4 is 10.0 Å². The van der Waals surface area contributed by atoms with E-state index in [0.717, 1.165) is 12.8 Å². The predicted molar refractivity (Wildman–Crippen MR) is 62.0 cm³/mol. The van der Waals surface area contributed by atoms with Crippen molar-refractivity contribution in [2.45, 2.75) is 39.2 Å². The average Bonchev–Trinajstić information content (AvgIpc) is 2.63. The first-order chi connectivity index (χ1) is 6.99. The molecule has 0 radical (unpaired) electrons. The fourth-order valence-corrected chi connectivity index (χ4v) is 4.09. The molecule has 1 unspecified atom stereocenters. The first-order valence-corrected chi connectivity index (χ1v) is 7.29. The van der Waals surface area contributed by atoms with Crippen LogP contribution in [0.25, 0.3) is 0 Å². The van der Waals surface area contributed by atoms with Gasteiger partial charge in [0.1, 0.15) is 0 Å². The highest BCUT2D eigenvalue weighted by atomic mass is 32.2. The Morgan fingerprint density at radius 2 is 2.13 bits per heavy atom. The molecular weight excluding hydrogens is 212 g/mol. The first-order valence-electron chi connectivity index (χ1n) is 5.68. The van der Waals surface area contributed by atoms with Crippen molar-refractivity contribution in [2.24, 2.45) is 11.7 Å². The fraction of sp³-hybridized carbons (Fsp3) is 1.00. The highest BCUT2D eigenvalue weighted by molar-refractivity contribution is 7.89. The van der Waals surface area contributed by atoms with Gasteiger partial charge in [-0.2, -0.15) is 4.31 Å². The number of nitrogens with two attached hydrogens (primary N) is 1. The zero-order valence-electron chi connectivity index (χ0n) is 9.65. The summed E-state index contributed by atoms with van der Waals surface area (Å²) in [7, 11) is -3.06. The van der Waals surface area contributed by atoms with Crippen molar-refractivity contribution in [3.63, 3.8) is 0 Å². The highest BCUT2D eigenvalue weighted by Crippen LogP contribution is 2.26. The van der Waals surface area contributed by atoms with Gasteiger partial charge in [-0.25, -0.2) is 8.42 Å². The van der Waals surface area contributed by atoms with Gasteiger partial charge in [0.2, 0.25) is 10.0 Å². The molecule has 4 nitrogen and oxygen atoms in total. The van der Waals surface area contributed by atoms with Crippen LogP contribution in [0, 0.1) is 5.92 Å². The van der Waals surface area contributed by atoms with Gasteiger partial charge in [-0.3, -0.25) is 0 Å². The second kappa shape index (κ2) is 5.27. The van der Waals surface area contributed by atoms with Crippen LogP contribution in [0.15, 0.2) is 0 Å². The van der Waals surface area contributed by atoms with E-state index in [2.05, 4.69) is 13.8 Å². The molecule has 1 saturated heterocycles. The molecule has 0 aromatic rings. The van der Waals surface area contributed by atoms with E-state index in [-0.39, 0.29) is 11.8 Å². The summed E-state index contributed by atoms with van der Waals surface area (Å²) in [6.45, 7) is 5.30. The molecule has 1 atom stereocenters. The van der Waals surface area contributed by atoms with Crippen LogP contribution in [0.3, 0.4) is 0 Å². The average molecular weight is 234 g/mol. The van der Waals surface area contributed by atoms with E-state index in [0.29, 0.717) is 25.4 Å². The molecule has 0 aromatic heterocycles. The lowest BCUT2D eigenvalue weighted by Gasteiger charge is -2.26. The molecule has 0 spiro atoms. The van der Waals surface area contributed by atoms with E-state index in [1.54, 1.807) is 4.31 Å². The van der Waals surface area contributed by atoms with E-state index in [1.807, 2.05) is 0 Å². The van der Waals surface area contributed by atoms with Gasteiger partial charge in [-0.15, -0.1) is 0 Å². The largest absolute Gasteiger partial charge is 0.330 e. The second-order valence-electron chi connectivity index (χ2n) is 4.52. The van der Waals surface area contributed by atoms with Crippen molar-refractivity contribution in [1.29, 1.82) is 0 Å². The third-order valence-corrected chi connectivity index (χ3v) is 4.95. The molecule has 0 aromatic carbocycles. The third-order valence-electron chi connectivity index (χ3n) is 2.98. The van der Waals surface area contributed by atoms with Crippen molar-refractivity contribution in [1.82, 2.24) is 4.31 Å². The number of hydrogen-bond donors (Lipinski definition) is 1. The molecule has 0 aliphatic carbocycles. The van der Waals surface area contributed by atoms with E-state index in [9.17, 15) is 8.42 Å². The standard InChI is InChI=1S/C10H22N2O2S/c1-9(2)10-5-3-7-12(10)15(13,14)8-4-6-11/h9-10H,3-8,11H2,1-2H3. The lowest BCUT2D eigenvalue weighted by Crippen LogP contribution is -2.40. The van der Waals surface area contributed by atoms with Gasteiger partial charge in [0.05, 0.1) is 5.75 Å². The minimum atomic E-state index is -3.06. The lowest BCUT2D eigenvalue weighted by molar-refractivity contribution is 0.315. The Bertz CT molecular complexity index is 288. The summed E-state index contributed by atoms with van der Waals surface area (Å²) in [5.74, 6) is 0.604. The zero-order valence-corrected chi connectivity index (χ0v) is 10.5. The van der Waals surface area contributed by atoms with Gasteiger partial charge in [-0.1, -0.05) is 13.8 Å². The molecule has 2 N–H and O–H groups in total. The molecule has 15 heavy (non-hydrogen) atoms. The Morgan fingerprint density at radius 3 is 2.67 bits per heavy atom.